The van der Waals surface area contributed by atoms with Gasteiger partial charge in [0.25, 0.3) is 0 Å². The topological polar surface area (TPSA) is 18.5 Å². The Kier molecular flexibility index (Phi) is 4.52. The average molecular weight is 278 g/mol. The third kappa shape index (κ3) is 2.35. The average Bonchev–Trinajstić information content (AvgIpc) is 3.00. The van der Waals surface area contributed by atoms with E-state index in [1.165, 1.54) is 64.2 Å². The van der Waals surface area contributed by atoms with Crippen LogP contribution >= 0.6 is 0 Å². The van der Waals surface area contributed by atoms with Gasteiger partial charge in [0.15, 0.2) is 5.79 Å². The van der Waals surface area contributed by atoms with Gasteiger partial charge < -0.3 is 9.47 Å². The Labute approximate surface area is 123 Å². The minimum absolute atomic E-state index is 0.236. The van der Waals surface area contributed by atoms with Crippen LogP contribution in [0.25, 0.3) is 0 Å². The molecule has 2 unspecified atom stereocenters. The third-order valence-corrected chi connectivity index (χ3v) is 5.69. The lowest BCUT2D eigenvalue weighted by Gasteiger charge is -2.42. The van der Waals surface area contributed by atoms with Gasteiger partial charge in [-0.2, -0.15) is 0 Å². The number of hydrogen-bond donors (Lipinski definition) is 0. The molecule has 0 amide bonds. The Morgan fingerprint density at radius 1 is 1.15 bits per heavy atom. The van der Waals surface area contributed by atoms with Gasteiger partial charge in [0.2, 0.25) is 0 Å². The number of unbranched alkanes of at least 4 members (excludes halogenated alkanes) is 2. The molecule has 0 spiro atoms. The fraction of sp³-hybridized carbons (Fsp3) is 0.889. The quantitative estimate of drug-likeness (QED) is 0.504. The molecule has 1 saturated heterocycles. The van der Waals surface area contributed by atoms with E-state index in [9.17, 15) is 0 Å². The lowest BCUT2D eigenvalue weighted by Crippen LogP contribution is -2.45. The summed E-state index contributed by atoms with van der Waals surface area (Å²) in [5.41, 5.74) is 1.91. The van der Waals surface area contributed by atoms with Gasteiger partial charge in [0.1, 0.15) is 0 Å². The molecule has 0 aromatic carbocycles. The molecule has 0 aromatic heterocycles. The summed E-state index contributed by atoms with van der Waals surface area (Å²) >= 11 is 0. The highest BCUT2D eigenvalue weighted by atomic mass is 16.7. The van der Waals surface area contributed by atoms with Crippen molar-refractivity contribution in [2.45, 2.75) is 83.3 Å². The first-order valence-electron chi connectivity index (χ1n) is 8.80. The van der Waals surface area contributed by atoms with E-state index < -0.39 is 0 Å². The first kappa shape index (κ1) is 14.6. The van der Waals surface area contributed by atoms with E-state index in [0.29, 0.717) is 0 Å². The van der Waals surface area contributed by atoms with Crippen molar-refractivity contribution in [3.05, 3.63) is 11.6 Å². The maximum absolute atomic E-state index is 6.41. The molecule has 1 heterocycles. The molecule has 0 aromatic rings. The lowest BCUT2D eigenvalue weighted by atomic mass is 9.70. The van der Waals surface area contributed by atoms with Crippen LogP contribution in [0.5, 0.6) is 0 Å². The monoisotopic (exact) mass is 278 g/mol. The molecule has 1 saturated carbocycles. The van der Waals surface area contributed by atoms with Crippen LogP contribution in [-0.4, -0.2) is 19.0 Å². The van der Waals surface area contributed by atoms with E-state index in [4.69, 9.17) is 9.47 Å². The van der Waals surface area contributed by atoms with Crippen LogP contribution in [0.15, 0.2) is 11.6 Å². The Morgan fingerprint density at radius 3 is 2.90 bits per heavy atom. The molecular formula is C18H30O2. The van der Waals surface area contributed by atoms with Crippen molar-refractivity contribution in [1.82, 2.24) is 0 Å². The summed E-state index contributed by atoms with van der Waals surface area (Å²) in [5.74, 6) is -0.260. The third-order valence-electron chi connectivity index (χ3n) is 5.69. The number of ether oxygens (including phenoxy) is 2. The number of hydrogen-bond acceptors (Lipinski definition) is 2. The van der Waals surface area contributed by atoms with Crippen LogP contribution < -0.4 is 0 Å². The molecule has 3 rings (SSSR count). The van der Waals surface area contributed by atoms with Crippen LogP contribution in [0, 0.1) is 5.41 Å². The summed E-state index contributed by atoms with van der Waals surface area (Å²) in [6, 6.07) is 0. The first-order valence-corrected chi connectivity index (χ1v) is 8.80. The summed E-state index contributed by atoms with van der Waals surface area (Å²) in [6.45, 7) is 4.02. The lowest BCUT2D eigenvalue weighted by molar-refractivity contribution is -0.240. The maximum Gasteiger partial charge on any atom is 0.177 e. The second kappa shape index (κ2) is 6.19. The van der Waals surface area contributed by atoms with Crippen molar-refractivity contribution in [3.63, 3.8) is 0 Å². The van der Waals surface area contributed by atoms with Crippen molar-refractivity contribution >= 4 is 0 Å². The molecule has 0 radical (unpaired) electrons. The first-order chi connectivity index (χ1) is 9.83. The van der Waals surface area contributed by atoms with Gasteiger partial charge in [-0.1, -0.05) is 31.4 Å². The second-order valence-corrected chi connectivity index (χ2v) is 6.82. The van der Waals surface area contributed by atoms with Crippen molar-refractivity contribution < 1.29 is 9.47 Å². The van der Waals surface area contributed by atoms with Crippen molar-refractivity contribution in [3.8, 4) is 0 Å². The molecule has 2 nitrogen and oxygen atoms in total. The Morgan fingerprint density at radius 2 is 2.10 bits per heavy atom. The zero-order chi connectivity index (χ0) is 13.9. The molecule has 2 atom stereocenters. The molecule has 2 aliphatic carbocycles. The normalized spacial score (nSPS) is 37.0. The zero-order valence-corrected chi connectivity index (χ0v) is 13.1. The van der Waals surface area contributed by atoms with E-state index in [2.05, 4.69) is 13.0 Å². The molecule has 0 N–H and O–H groups in total. The Bertz CT molecular complexity index is 348. The Balaban J connectivity index is 1.75. The highest BCUT2D eigenvalue weighted by Gasteiger charge is 2.61. The molecule has 1 aliphatic heterocycles. The molecular weight excluding hydrogens is 248 g/mol. The van der Waals surface area contributed by atoms with Crippen LogP contribution in [0.2, 0.25) is 0 Å². The van der Waals surface area contributed by atoms with Gasteiger partial charge in [-0.15, -0.1) is 0 Å². The smallest absolute Gasteiger partial charge is 0.177 e. The van der Waals surface area contributed by atoms with Crippen LogP contribution in [0.3, 0.4) is 0 Å². The standard InChI is InChI=1S/C18H30O2/c1-2-3-7-14-19-18-12-8-11-17(18,13-15-20-18)16-9-5-4-6-10-16/h9H,2-8,10-15H2,1H3. The predicted molar refractivity (Wildman–Crippen MR) is 81.6 cm³/mol. The van der Waals surface area contributed by atoms with Gasteiger partial charge in [-0.3, -0.25) is 0 Å². The van der Waals surface area contributed by atoms with E-state index in [1.807, 2.05) is 0 Å². The minimum Gasteiger partial charge on any atom is -0.349 e. The predicted octanol–water partition coefficient (Wildman–Crippen LogP) is 4.98. The Hall–Kier alpha value is -0.340. The maximum atomic E-state index is 6.41. The summed E-state index contributed by atoms with van der Waals surface area (Å²) in [5, 5.41) is 0. The second-order valence-electron chi connectivity index (χ2n) is 6.82. The summed E-state index contributed by atoms with van der Waals surface area (Å²) in [7, 11) is 0. The fourth-order valence-corrected chi connectivity index (χ4v) is 4.65. The van der Waals surface area contributed by atoms with Gasteiger partial charge in [-0.05, 0) is 51.4 Å². The van der Waals surface area contributed by atoms with Gasteiger partial charge in [0, 0.05) is 11.8 Å². The van der Waals surface area contributed by atoms with Crippen molar-refractivity contribution in [1.29, 1.82) is 0 Å². The largest absolute Gasteiger partial charge is 0.349 e. The number of rotatable bonds is 6. The van der Waals surface area contributed by atoms with Crippen LogP contribution in [0.1, 0.15) is 77.6 Å². The van der Waals surface area contributed by atoms with Crippen LogP contribution in [0.4, 0.5) is 0 Å². The van der Waals surface area contributed by atoms with E-state index >= 15 is 0 Å². The van der Waals surface area contributed by atoms with E-state index in [1.54, 1.807) is 5.57 Å². The zero-order valence-electron chi connectivity index (χ0n) is 13.1. The number of fused-ring (bicyclic) bond motifs is 1. The fourth-order valence-electron chi connectivity index (χ4n) is 4.65. The van der Waals surface area contributed by atoms with Crippen molar-refractivity contribution in [2.24, 2.45) is 5.41 Å². The SMILES string of the molecule is CCCCCOC12CCCC1(C1=CCCCC1)CCO2. The minimum atomic E-state index is -0.260. The summed E-state index contributed by atoms with van der Waals surface area (Å²) in [6.07, 6.45) is 16.3. The molecule has 2 fully saturated rings. The van der Waals surface area contributed by atoms with E-state index in [-0.39, 0.29) is 11.2 Å². The molecule has 2 heteroatoms. The molecule has 3 aliphatic rings. The number of allylic oxidation sites excluding steroid dienone is 1. The van der Waals surface area contributed by atoms with E-state index in [0.717, 1.165) is 19.6 Å². The summed E-state index contributed by atoms with van der Waals surface area (Å²) in [4.78, 5) is 0. The van der Waals surface area contributed by atoms with Gasteiger partial charge >= 0.3 is 0 Å². The van der Waals surface area contributed by atoms with Crippen LogP contribution in [-0.2, 0) is 9.47 Å². The molecule has 0 bridgehead atoms. The highest BCUT2D eigenvalue weighted by molar-refractivity contribution is 5.25. The summed E-state index contributed by atoms with van der Waals surface area (Å²) < 4.78 is 12.6. The highest BCUT2D eigenvalue weighted by Crippen LogP contribution is 2.61. The molecule has 114 valence electrons. The van der Waals surface area contributed by atoms with Crippen molar-refractivity contribution in [2.75, 3.05) is 13.2 Å². The van der Waals surface area contributed by atoms with Gasteiger partial charge in [-0.25, -0.2) is 0 Å². The van der Waals surface area contributed by atoms with Gasteiger partial charge in [0.05, 0.1) is 13.2 Å². The molecule has 20 heavy (non-hydrogen) atoms.